The van der Waals surface area contributed by atoms with Gasteiger partial charge in [0.25, 0.3) is 0 Å². The first-order valence-electron chi connectivity index (χ1n) is 7.71. The Balaban J connectivity index is 1.82. The molecule has 20 heavy (non-hydrogen) atoms. The summed E-state index contributed by atoms with van der Waals surface area (Å²) >= 11 is 0. The van der Waals surface area contributed by atoms with Crippen LogP contribution >= 0.6 is 0 Å². The molecule has 2 heteroatoms. The van der Waals surface area contributed by atoms with Crippen LogP contribution in [0.1, 0.15) is 56.9 Å². The second-order valence-electron chi connectivity index (χ2n) is 7.17. The van der Waals surface area contributed by atoms with Crippen molar-refractivity contribution in [3.05, 3.63) is 35.6 Å². The van der Waals surface area contributed by atoms with E-state index in [0.29, 0.717) is 11.3 Å². The third-order valence-electron chi connectivity index (χ3n) is 4.98. The lowest BCUT2D eigenvalue weighted by atomic mass is 9.71. The Morgan fingerprint density at radius 3 is 2.60 bits per heavy atom. The van der Waals surface area contributed by atoms with Gasteiger partial charge in [-0.2, -0.15) is 0 Å². The minimum atomic E-state index is 0.0397. The van der Waals surface area contributed by atoms with Crippen LogP contribution in [0.4, 0.5) is 0 Å². The molecule has 1 saturated carbocycles. The molecule has 1 atom stereocenters. The Bertz CT molecular complexity index is 601. The van der Waals surface area contributed by atoms with Gasteiger partial charge in [0.15, 0.2) is 0 Å². The summed E-state index contributed by atoms with van der Waals surface area (Å²) in [4.78, 5) is 0. The highest BCUT2D eigenvalue weighted by Crippen LogP contribution is 2.42. The molecule has 1 aromatic heterocycles. The molecule has 3 rings (SSSR count). The number of benzene rings is 1. The lowest BCUT2D eigenvalue weighted by Crippen LogP contribution is -2.28. The second-order valence-corrected chi connectivity index (χ2v) is 7.17. The molecule has 0 radical (unpaired) electrons. The molecule has 2 nitrogen and oxygen atoms in total. The fraction of sp³-hybridized carbons (Fsp3) is 0.556. The van der Waals surface area contributed by atoms with Gasteiger partial charge in [0.05, 0.1) is 6.04 Å². The van der Waals surface area contributed by atoms with Crippen LogP contribution in [-0.4, -0.2) is 0 Å². The van der Waals surface area contributed by atoms with E-state index in [2.05, 4.69) is 45.0 Å². The molecule has 108 valence electrons. The van der Waals surface area contributed by atoms with Gasteiger partial charge in [-0.1, -0.05) is 32.0 Å². The van der Waals surface area contributed by atoms with Crippen LogP contribution in [0.25, 0.3) is 11.0 Å². The summed E-state index contributed by atoms with van der Waals surface area (Å²) in [5.41, 5.74) is 9.15. The van der Waals surface area contributed by atoms with E-state index < -0.39 is 0 Å². The number of hydrogen-bond donors (Lipinski definition) is 1. The van der Waals surface area contributed by atoms with Crippen molar-refractivity contribution in [2.45, 2.75) is 52.5 Å². The Labute approximate surface area is 121 Å². The predicted molar refractivity (Wildman–Crippen MR) is 83.6 cm³/mol. The van der Waals surface area contributed by atoms with Crippen LogP contribution < -0.4 is 5.73 Å². The molecule has 1 unspecified atom stereocenters. The highest BCUT2D eigenvalue weighted by atomic mass is 16.3. The first-order valence-corrected chi connectivity index (χ1v) is 7.71. The molecule has 0 spiro atoms. The van der Waals surface area contributed by atoms with Crippen molar-refractivity contribution >= 4 is 11.0 Å². The normalized spacial score (nSPS) is 21.2. The third kappa shape index (κ3) is 2.49. The maximum atomic E-state index is 6.48. The molecule has 1 aliphatic rings. The highest BCUT2D eigenvalue weighted by molar-refractivity contribution is 5.81. The summed E-state index contributed by atoms with van der Waals surface area (Å²) in [6, 6.07) is 8.44. The van der Waals surface area contributed by atoms with Crippen LogP contribution in [0.5, 0.6) is 0 Å². The number of fused-ring (bicyclic) bond motifs is 1. The van der Waals surface area contributed by atoms with Crippen LogP contribution in [0.3, 0.4) is 0 Å². The summed E-state index contributed by atoms with van der Waals surface area (Å²) in [6.07, 6.45) is 4.96. The smallest absolute Gasteiger partial charge is 0.137 e. The summed E-state index contributed by atoms with van der Waals surface area (Å²) in [5, 5.41) is 1.17. The van der Waals surface area contributed by atoms with E-state index in [1.807, 2.05) is 0 Å². The van der Waals surface area contributed by atoms with Gasteiger partial charge >= 0.3 is 0 Å². The SMILES string of the molecule is Cc1cccc2cc(C(N)C3CCC(C)(C)CC3)oc12. The number of rotatable bonds is 2. The van der Waals surface area contributed by atoms with Crippen molar-refractivity contribution in [1.29, 1.82) is 0 Å². The van der Waals surface area contributed by atoms with E-state index in [9.17, 15) is 0 Å². The van der Waals surface area contributed by atoms with E-state index >= 15 is 0 Å². The molecule has 1 heterocycles. The Morgan fingerprint density at radius 1 is 1.25 bits per heavy atom. The van der Waals surface area contributed by atoms with Crippen LogP contribution in [-0.2, 0) is 0 Å². The average Bonchev–Trinajstić information content (AvgIpc) is 2.83. The van der Waals surface area contributed by atoms with E-state index in [1.54, 1.807) is 0 Å². The number of para-hydroxylation sites is 1. The second kappa shape index (κ2) is 4.92. The zero-order valence-electron chi connectivity index (χ0n) is 12.8. The predicted octanol–water partition coefficient (Wildman–Crippen LogP) is 4.96. The lowest BCUT2D eigenvalue weighted by molar-refractivity contribution is 0.167. The number of nitrogens with two attached hydrogens (primary N) is 1. The quantitative estimate of drug-likeness (QED) is 0.838. The van der Waals surface area contributed by atoms with Crippen LogP contribution in [0.2, 0.25) is 0 Å². The zero-order valence-corrected chi connectivity index (χ0v) is 12.8. The molecule has 2 aromatic rings. The monoisotopic (exact) mass is 271 g/mol. The molecular weight excluding hydrogens is 246 g/mol. The Kier molecular flexibility index (Phi) is 3.37. The number of furan rings is 1. The van der Waals surface area contributed by atoms with Crippen molar-refractivity contribution in [2.24, 2.45) is 17.1 Å². The van der Waals surface area contributed by atoms with Gasteiger partial charge in [-0.25, -0.2) is 0 Å². The zero-order chi connectivity index (χ0) is 14.3. The van der Waals surface area contributed by atoms with E-state index in [-0.39, 0.29) is 6.04 Å². The average molecular weight is 271 g/mol. The first kappa shape index (κ1) is 13.7. The summed E-state index contributed by atoms with van der Waals surface area (Å²) in [7, 11) is 0. The Hall–Kier alpha value is -1.28. The minimum absolute atomic E-state index is 0.0397. The maximum Gasteiger partial charge on any atom is 0.137 e. The van der Waals surface area contributed by atoms with Crippen LogP contribution in [0.15, 0.2) is 28.7 Å². The fourth-order valence-corrected chi connectivity index (χ4v) is 3.41. The van der Waals surface area contributed by atoms with E-state index in [4.69, 9.17) is 10.2 Å². The van der Waals surface area contributed by atoms with Gasteiger partial charge in [0, 0.05) is 5.39 Å². The van der Waals surface area contributed by atoms with Crippen molar-refractivity contribution in [3.8, 4) is 0 Å². The largest absolute Gasteiger partial charge is 0.459 e. The van der Waals surface area contributed by atoms with Gasteiger partial charge in [-0.3, -0.25) is 0 Å². The molecule has 0 amide bonds. The van der Waals surface area contributed by atoms with Crippen LogP contribution in [0, 0.1) is 18.3 Å². The van der Waals surface area contributed by atoms with Gasteiger partial charge in [0.2, 0.25) is 0 Å². The van der Waals surface area contributed by atoms with Crippen molar-refractivity contribution in [2.75, 3.05) is 0 Å². The number of aryl methyl sites for hydroxylation is 1. The molecule has 1 aliphatic carbocycles. The molecule has 1 fully saturated rings. The first-order chi connectivity index (χ1) is 9.46. The van der Waals surface area contributed by atoms with Crippen molar-refractivity contribution < 1.29 is 4.42 Å². The number of hydrogen-bond acceptors (Lipinski definition) is 2. The fourth-order valence-electron chi connectivity index (χ4n) is 3.41. The molecular formula is C18H25NO. The summed E-state index contributed by atoms with van der Waals surface area (Å²) < 4.78 is 6.04. The van der Waals surface area contributed by atoms with E-state index in [1.165, 1.54) is 36.6 Å². The minimum Gasteiger partial charge on any atom is -0.459 e. The van der Waals surface area contributed by atoms with Crippen molar-refractivity contribution in [1.82, 2.24) is 0 Å². The van der Waals surface area contributed by atoms with Gasteiger partial charge in [-0.05, 0) is 55.6 Å². The molecule has 1 aromatic carbocycles. The molecule has 2 N–H and O–H groups in total. The van der Waals surface area contributed by atoms with Gasteiger partial charge < -0.3 is 10.2 Å². The Morgan fingerprint density at radius 2 is 1.95 bits per heavy atom. The summed E-state index contributed by atoms with van der Waals surface area (Å²) in [5.74, 6) is 1.52. The highest BCUT2D eigenvalue weighted by Gasteiger charge is 2.31. The molecule has 0 bridgehead atoms. The standard InChI is InChI=1S/C18H25NO/c1-12-5-4-6-14-11-15(20-17(12)14)16(19)13-7-9-18(2,3)10-8-13/h4-6,11,13,16H,7-10,19H2,1-3H3. The van der Waals surface area contributed by atoms with E-state index in [0.717, 1.165) is 11.3 Å². The van der Waals surface area contributed by atoms with Gasteiger partial charge in [-0.15, -0.1) is 0 Å². The van der Waals surface area contributed by atoms with Gasteiger partial charge in [0.1, 0.15) is 11.3 Å². The van der Waals surface area contributed by atoms with Crippen molar-refractivity contribution in [3.63, 3.8) is 0 Å². The maximum absolute atomic E-state index is 6.48. The third-order valence-corrected chi connectivity index (χ3v) is 4.98. The lowest BCUT2D eigenvalue weighted by Gasteiger charge is -2.36. The molecule has 0 aliphatic heterocycles. The topological polar surface area (TPSA) is 39.2 Å². The summed E-state index contributed by atoms with van der Waals surface area (Å²) in [6.45, 7) is 6.81. The molecule has 0 saturated heterocycles.